The molecule has 1 saturated heterocycles. The first-order valence-electron chi connectivity index (χ1n) is 8.76. The molecule has 1 amide bonds. The monoisotopic (exact) mass is 354 g/mol. The normalized spacial score (nSPS) is 20.7. The van der Waals surface area contributed by atoms with Gasteiger partial charge in [0, 0.05) is 44.8 Å². The molecular weight excluding hydrogens is 328 g/mol. The summed E-state index contributed by atoms with van der Waals surface area (Å²) < 4.78 is 29.0. The van der Waals surface area contributed by atoms with E-state index in [-0.39, 0.29) is 16.7 Å². The Labute approximate surface area is 143 Å². The minimum atomic E-state index is -3.55. The summed E-state index contributed by atoms with van der Waals surface area (Å²) in [5.41, 5.74) is 0.531. The molecule has 0 aromatic carbocycles. The summed E-state index contributed by atoms with van der Waals surface area (Å²) in [5.74, 6) is 0.369. The Balaban J connectivity index is 1.72. The zero-order valence-corrected chi connectivity index (χ0v) is 15.3. The number of aryl methyl sites for hydroxylation is 2. The smallest absolute Gasteiger partial charge is 0.246 e. The molecule has 134 valence electrons. The Morgan fingerprint density at radius 2 is 1.96 bits per heavy atom. The number of sulfonamides is 1. The van der Waals surface area contributed by atoms with Gasteiger partial charge in [0.15, 0.2) is 0 Å². The Hall–Kier alpha value is -1.41. The second-order valence-corrected chi connectivity index (χ2v) is 8.55. The standard InChI is InChI=1S/C16H26N4O3S/c1-3-19-12-15(13(2)17-19)24(22,23)20-9-5-8-18(10-11-20)16(21)14-6-4-7-14/h12,14H,3-11H2,1-2H3. The molecule has 1 aromatic heterocycles. The van der Waals surface area contributed by atoms with E-state index in [0.717, 1.165) is 19.3 Å². The van der Waals surface area contributed by atoms with Crippen LogP contribution in [0.15, 0.2) is 11.1 Å². The fourth-order valence-corrected chi connectivity index (χ4v) is 4.96. The molecule has 0 spiro atoms. The highest BCUT2D eigenvalue weighted by Crippen LogP contribution is 2.29. The highest BCUT2D eigenvalue weighted by atomic mass is 32.2. The average Bonchev–Trinajstić information content (AvgIpc) is 2.71. The predicted molar refractivity (Wildman–Crippen MR) is 89.9 cm³/mol. The van der Waals surface area contributed by atoms with Gasteiger partial charge in [-0.1, -0.05) is 6.42 Å². The molecule has 1 aliphatic heterocycles. The Morgan fingerprint density at radius 1 is 1.21 bits per heavy atom. The van der Waals surface area contributed by atoms with Crippen molar-refractivity contribution in [1.29, 1.82) is 0 Å². The quantitative estimate of drug-likeness (QED) is 0.815. The van der Waals surface area contributed by atoms with Crippen LogP contribution in [-0.4, -0.2) is 59.5 Å². The van der Waals surface area contributed by atoms with E-state index in [4.69, 9.17) is 0 Å². The third kappa shape index (κ3) is 3.21. The number of amides is 1. The van der Waals surface area contributed by atoms with Crippen LogP contribution in [0.4, 0.5) is 0 Å². The number of hydrogen-bond acceptors (Lipinski definition) is 4. The lowest BCUT2D eigenvalue weighted by atomic mass is 9.84. The maximum Gasteiger partial charge on any atom is 0.246 e. The number of nitrogens with zero attached hydrogens (tertiary/aromatic N) is 4. The van der Waals surface area contributed by atoms with Crippen LogP contribution in [0.3, 0.4) is 0 Å². The van der Waals surface area contributed by atoms with Crippen LogP contribution in [0.1, 0.15) is 38.3 Å². The van der Waals surface area contributed by atoms with E-state index in [0.29, 0.717) is 44.8 Å². The van der Waals surface area contributed by atoms with E-state index in [1.807, 2.05) is 11.8 Å². The number of aromatic nitrogens is 2. The number of carbonyl (C=O) groups excluding carboxylic acids is 1. The van der Waals surface area contributed by atoms with Gasteiger partial charge >= 0.3 is 0 Å². The minimum Gasteiger partial charge on any atom is -0.341 e. The maximum absolute atomic E-state index is 12.9. The molecule has 0 atom stereocenters. The van der Waals surface area contributed by atoms with Crippen molar-refractivity contribution in [2.75, 3.05) is 26.2 Å². The van der Waals surface area contributed by atoms with Gasteiger partial charge in [-0.05, 0) is 33.1 Å². The first-order valence-corrected chi connectivity index (χ1v) is 10.2. The fourth-order valence-electron chi connectivity index (χ4n) is 3.32. The summed E-state index contributed by atoms with van der Waals surface area (Å²) in [4.78, 5) is 14.5. The molecule has 1 aliphatic carbocycles. The van der Waals surface area contributed by atoms with Gasteiger partial charge in [-0.25, -0.2) is 8.42 Å². The van der Waals surface area contributed by atoms with Gasteiger partial charge in [0.2, 0.25) is 15.9 Å². The summed E-state index contributed by atoms with van der Waals surface area (Å²) in [6.45, 7) is 6.23. The number of hydrogen-bond donors (Lipinski definition) is 0. The van der Waals surface area contributed by atoms with Crippen molar-refractivity contribution in [2.45, 2.75) is 51.0 Å². The number of rotatable bonds is 4. The first kappa shape index (κ1) is 17.4. The van der Waals surface area contributed by atoms with Crippen molar-refractivity contribution < 1.29 is 13.2 Å². The van der Waals surface area contributed by atoms with E-state index < -0.39 is 10.0 Å². The van der Waals surface area contributed by atoms with Crippen molar-refractivity contribution in [3.8, 4) is 0 Å². The molecule has 1 aromatic rings. The van der Waals surface area contributed by atoms with Gasteiger partial charge in [-0.2, -0.15) is 9.40 Å². The largest absolute Gasteiger partial charge is 0.341 e. The average molecular weight is 354 g/mol. The lowest BCUT2D eigenvalue weighted by Crippen LogP contribution is -2.41. The lowest BCUT2D eigenvalue weighted by molar-refractivity contribution is -0.138. The Bertz CT molecular complexity index is 709. The summed E-state index contributed by atoms with van der Waals surface area (Å²) in [6.07, 6.45) is 5.37. The van der Waals surface area contributed by atoms with Crippen molar-refractivity contribution in [3.63, 3.8) is 0 Å². The molecule has 2 heterocycles. The molecule has 3 rings (SSSR count). The zero-order chi connectivity index (χ0) is 17.3. The number of carbonyl (C=O) groups is 1. The van der Waals surface area contributed by atoms with E-state index >= 15 is 0 Å². The van der Waals surface area contributed by atoms with Crippen LogP contribution in [0.2, 0.25) is 0 Å². The van der Waals surface area contributed by atoms with E-state index in [1.165, 1.54) is 4.31 Å². The molecule has 2 aliphatic rings. The summed E-state index contributed by atoms with van der Waals surface area (Å²) in [5, 5.41) is 4.25. The summed E-state index contributed by atoms with van der Waals surface area (Å²) in [7, 11) is -3.55. The van der Waals surface area contributed by atoms with E-state index in [1.54, 1.807) is 17.8 Å². The molecule has 24 heavy (non-hydrogen) atoms. The van der Waals surface area contributed by atoms with Crippen molar-refractivity contribution >= 4 is 15.9 Å². The topological polar surface area (TPSA) is 75.5 Å². The second-order valence-electron chi connectivity index (χ2n) is 6.65. The minimum absolute atomic E-state index is 0.165. The zero-order valence-electron chi connectivity index (χ0n) is 14.4. The molecule has 8 heteroatoms. The molecule has 2 fully saturated rings. The summed E-state index contributed by atoms with van der Waals surface area (Å²) >= 11 is 0. The highest BCUT2D eigenvalue weighted by molar-refractivity contribution is 7.89. The van der Waals surface area contributed by atoms with E-state index in [2.05, 4.69) is 5.10 Å². The van der Waals surface area contributed by atoms with Gasteiger partial charge < -0.3 is 4.90 Å². The van der Waals surface area contributed by atoms with Crippen LogP contribution in [0, 0.1) is 12.8 Å². The van der Waals surface area contributed by atoms with E-state index in [9.17, 15) is 13.2 Å². The molecule has 7 nitrogen and oxygen atoms in total. The molecule has 0 bridgehead atoms. The van der Waals surface area contributed by atoms with Crippen LogP contribution < -0.4 is 0 Å². The second kappa shape index (κ2) is 6.84. The van der Waals surface area contributed by atoms with Crippen LogP contribution in [0.25, 0.3) is 0 Å². The SMILES string of the molecule is CCn1cc(S(=O)(=O)N2CCCN(C(=O)C3CCC3)CC2)c(C)n1. The lowest BCUT2D eigenvalue weighted by Gasteiger charge is -2.30. The molecule has 0 unspecified atom stereocenters. The first-order chi connectivity index (χ1) is 11.4. The summed E-state index contributed by atoms with van der Waals surface area (Å²) in [6, 6.07) is 0. The molecule has 0 N–H and O–H groups in total. The van der Waals surface area contributed by atoms with Gasteiger partial charge in [-0.15, -0.1) is 0 Å². The van der Waals surface area contributed by atoms with Crippen LogP contribution in [-0.2, 0) is 21.4 Å². The maximum atomic E-state index is 12.9. The molecular formula is C16H26N4O3S. The Kier molecular flexibility index (Phi) is 4.96. The third-order valence-electron chi connectivity index (χ3n) is 5.06. The van der Waals surface area contributed by atoms with Crippen LogP contribution >= 0.6 is 0 Å². The van der Waals surface area contributed by atoms with Crippen molar-refractivity contribution in [3.05, 3.63) is 11.9 Å². The highest BCUT2D eigenvalue weighted by Gasteiger charge is 2.33. The molecule has 1 saturated carbocycles. The van der Waals surface area contributed by atoms with Gasteiger partial charge in [-0.3, -0.25) is 9.48 Å². The van der Waals surface area contributed by atoms with Crippen LogP contribution in [0.5, 0.6) is 0 Å². The predicted octanol–water partition coefficient (Wildman–Crippen LogP) is 1.23. The fraction of sp³-hybridized carbons (Fsp3) is 0.750. The van der Waals surface area contributed by atoms with Gasteiger partial charge in [0.25, 0.3) is 0 Å². The van der Waals surface area contributed by atoms with Gasteiger partial charge in [0.1, 0.15) is 4.90 Å². The third-order valence-corrected chi connectivity index (χ3v) is 7.07. The van der Waals surface area contributed by atoms with Gasteiger partial charge in [0.05, 0.1) is 5.69 Å². The Morgan fingerprint density at radius 3 is 2.54 bits per heavy atom. The van der Waals surface area contributed by atoms with Crippen molar-refractivity contribution in [1.82, 2.24) is 19.0 Å². The van der Waals surface area contributed by atoms with Crippen molar-refractivity contribution in [2.24, 2.45) is 5.92 Å². The molecule has 0 radical (unpaired) electrons.